The van der Waals surface area contributed by atoms with E-state index < -0.39 is 0 Å². The summed E-state index contributed by atoms with van der Waals surface area (Å²) in [5.41, 5.74) is 7.85. The fourth-order valence-electron chi connectivity index (χ4n) is 2.19. The Morgan fingerprint density at radius 1 is 1.56 bits per heavy atom. The second-order valence-corrected chi connectivity index (χ2v) is 4.78. The molecule has 1 saturated carbocycles. The zero-order valence-corrected chi connectivity index (χ0v) is 10.5. The molecule has 0 saturated heterocycles. The summed E-state index contributed by atoms with van der Waals surface area (Å²) in [6, 6.07) is 0.177. The monoisotopic (exact) mass is 243 g/mol. The zero-order chi connectivity index (χ0) is 11.7. The fourth-order valence-corrected chi connectivity index (χ4v) is 2.42. The van der Waals surface area contributed by atoms with Crippen molar-refractivity contribution in [1.29, 1.82) is 0 Å². The minimum atomic E-state index is 0.177. The first-order valence-electron chi connectivity index (χ1n) is 5.64. The van der Waals surface area contributed by atoms with Crippen molar-refractivity contribution in [3.63, 3.8) is 0 Å². The van der Waals surface area contributed by atoms with Crippen LogP contribution in [0.2, 0.25) is 5.15 Å². The van der Waals surface area contributed by atoms with Gasteiger partial charge in [0.05, 0.1) is 18.4 Å². The van der Waals surface area contributed by atoms with Crippen LogP contribution in [0.15, 0.2) is 0 Å². The summed E-state index contributed by atoms with van der Waals surface area (Å²) < 4.78 is 7.48. The van der Waals surface area contributed by atoms with Crippen LogP contribution in [0, 0.1) is 6.92 Å². The first-order chi connectivity index (χ1) is 7.59. The Labute approximate surface area is 101 Å². The summed E-state index contributed by atoms with van der Waals surface area (Å²) in [6.45, 7) is 2.45. The highest BCUT2D eigenvalue weighted by Crippen LogP contribution is 2.24. The van der Waals surface area contributed by atoms with Crippen LogP contribution in [0.25, 0.3) is 0 Å². The molecule has 1 heterocycles. The van der Waals surface area contributed by atoms with Gasteiger partial charge in [-0.1, -0.05) is 11.6 Å². The molecule has 2 N–H and O–H groups in total. The van der Waals surface area contributed by atoms with Crippen molar-refractivity contribution in [3.8, 4) is 0 Å². The molecule has 1 aromatic heterocycles. The first kappa shape index (κ1) is 11.9. The second-order valence-electron chi connectivity index (χ2n) is 4.42. The van der Waals surface area contributed by atoms with E-state index in [4.69, 9.17) is 22.1 Å². The number of ether oxygens (including phenoxy) is 1. The topological polar surface area (TPSA) is 53.1 Å². The maximum atomic E-state index is 6.13. The number of hydrogen-bond donors (Lipinski definition) is 1. The van der Waals surface area contributed by atoms with E-state index in [1.54, 1.807) is 4.68 Å². The average molecular weight is 244 g/mol. The summed E-state index contributed by atoms with van der Waals surface area (Å²) in [6.07, 6.45) is 3.45. The van der Waals surface area contributed by atoms with E-state index in [0.717, 1.165) is 30.5 Å². The third-order valence-electron chi connectivity index (χ3n) is 3.22. The van der Waals surface area contributed by atoms with Gasteiger partial charge in [-0.25, -0.2) is 0 Å². The Morgan fingerprint density at radius 3 is 2.81 bits per heavy atom. The average Bonchev–Trinajstić information content (AvgIpc) is 2.72. The number of aromatic nitrogens is 2. The van der Waals surface area contributed by atoms with Gasteiger partial charge >= 0.3 is 0 Å². The van der Waals surface area contributed by atoms with Gasteiger partial charge in [0.15, 0.2) is 0 Å². The standard InChI is InChI=1S/C11H18ClN3O/c1-7-8(11(12)15(2)14-7)6-16-10-5-3-4-9(10)13/h9-10H,3-6,13H2,1-2H3. The summed E-state index contributed by atoms with van der Waals surface area (Å²) in [7, 11) is 1.83. The molecule has 5 heteroatoms. The molecule has 2 unspecified atom stereocenters. The van der Waals surface area contributed by atoms with Gasteiger partial charge in [0.25, 0.3) is 0 Å². The largest absolute Gasteiger partial charge is 0.372 e. The van der Waals surface area contributed by atoms with Crippen molar-refractivity contribution in [2.75, 3.05) is 0 Å². The van der Waals surface area contributed by atoms with E-state index in [2.05, 4.69) is 5.10 Å². The summed E-state index contributed by atoms with van der Waals surface area (Å²) in [5, 5.41) is 4.90. The molecule has 4 nitrogen and oxygen atoms in total. The van der Waals surface area contributed by atoms with E-state index in [0.29, 0.717) is 11.8 Å². The Hall–Kier alpha value is -0.580. The quantitative estimate of drug-likeness (QED) is 0.881. The number of hydrogen-bond acceptors (Lipinski definition) is 3. The third kappa shape index (κ3) is 2.24. The molecule has 16 heavy (non-hydrogen) atoms. The van der Waals surface area contributed by atoms with Gasteiger partial charge in [0, 0.05) is 18.7 Å². The van der Waals surface area contributed by atoms with Gasteiger partial charge in [-0.05, 0) is 26.2 Å². The molecule has 1 fully saturated rings. The lowest BCUT2D eigenvalue weighted by atomic mass is 10.2. The van der Waals surface area contributed by atoms with Gasteiger partial charge in [-0.15, -0.1) is 0 Å². The SMILES string of the molecule is Cc1nn(C)c(Cl)c1COC1CCCC1N. The Kier molecular flexibility index (Phi) is 3.52. The van der Waals surface area contributed by atoms with E-state index >= 15 is 0 Å². The number of aryl methyl sites for hydroxylation is 2. The second kappa shape index (κ2) is 4.73. The van der Waals surface area contributed by atoms with Crippen LogP contribution in [0.1, 0.15) is 30.5 Å². The smallest absolute Gasteiger partial charge is 0.132 e. The van der Waals surface area contributed by atoms with Gasteiger partial charge < -0.3 is 10.5 Å². The third-order valence-corrected chi connectivity index (χ3v) is 3.69. The van der Waals surface area contributed by atoms with E-state index in [1.165, 1.54) is 0 Å². The highest BCUT2D eigenvalue weighted by atomic mass is 35.5. The minimum absolute atomic E-state index is 0.177. The van der Waals surface area contributed by atoms with Gasteiger partial charge in [0.1, 0.15) is 5.15 Å². The summed E-state index contributed by atoms with van der Waals surface area (Å²) in [5.74, 6) is 0. The van der Waals surface area contributed by atoms with Crippen molar-refractivity contribution in [1.82, 2.24) is 9.78 Å². The predicted octanol–water partition coefficient (Wildman–Crippen LogP) is 1.78. The van der Waals surface area contributed by atoms with Crippen LogP contribution in [0.5, 0.6) is 0 Å². The zero-order valence-electron chi connectivity index (χ0n) is 9.74. The molecule has 0 radical (unpaired) electrons. The molecule has 90 valence electrons. The minimum Gasteiger partial charge on any atom is -0.372 e. The van der Waals surface area contributed by atoms with E-state index in [-0.39, 0.29) is 12.1 Å². The Balaban J connectivity index is 1.99. The molecular weight excluding hydrogens is 226 g/mol. The molecule has 1 aromatic rings. The molecule has 0 bridgehead atoms. The number of halogens is 1. The number of nitrogens with zero attached hydrogens (tertiary/aromatic N) is 2. The maximum absolute atomic E-state index is 6.13. The Morgan fingerprint density at radius 2 is 2.31 bits per heavy atom. The lowest BCUT2D eigenvalue weighted by Crippen LogP contribution is -2.31. The molecule has 1 aliphatic rings. The molecule has 2 rings (SSSR count). The van der Waals surface area contributed by atoms with Gasteiger partial charge in [-0.2, -0.15) is 5.10 Å². The number of rotatable bonds is 3. The van der Waals surface area contributed by atoms with Crippen LogP contribution in [0.4, 0.5) is 0 Å². The molecule has 0 spiro atoms. The highest BCUT2D eigenvalue weighted by molar-refractivity contribution is 6.30. The molecule has 2 atom stereocenters. The predicted molar refractivity (Wildman–Crippen MR) is 63.4 cm³/mol. The van der Waals surface area contributed by atoms with Crippen molar-refractivity contribution in [3.05, 3.63) is 16.4 Å². The van der Waals surface area contributed by atoms with E-state index in [1.807, 2.05) is 14.0 Å². The van der Waals surface area contributed by atoms with Gasteiger partial charge in [-0.3, -0.25) is 4.68 Å². The molecule has 0 amide bonds. The lowest BCUT2D eigenvalue weighted by Gasteiger charge is -2.16. The Bertz CT molecular complexity index is 378. The van der Waals surface area contributed by atoms with Gasteiger partial charge in [0.2, 0.25) is 0 Å². The summed E-state index contributed by atoms with van der Waals surface area (Å²) >= 11 is 6.13. The molecule has 0 aliphatic heterocycles. The molecular formula is C11H18ClN3O. The van der Waals surface area contributed by atoms with Crippen molar-refractivity contribution in [2.24, 2.45) is 12.8 Å². The van der Waals surface area contributed by atoms with Crippen LogP contribution in [0.3, 0.4) is 0 Å². The van der Waals surface area contributed by atoms with Crippen LogP contribution < -0.4 is 5.73 Å². The first-order valence-corrected chi connectivity index (χ1v) is 6.02. The molecule has 1 aliphatic carbocycles. The molecule has 0 aromatic carbocycles. The normalized spacial score (nSPS) is 25.2. The lowest BCUT2D eigenvalue weighted by molar-refractivity contribution is 0.0355. The van der Waals surface area contributed by atoms with E-state index in [9.17, 15) is 0 Å². The van der Waals surface area contributed by atoms with Crippen molar-refractivity contribution >= 4 is 11.6 Å². The van der Waals surface area contributed by atoms with Crippen LogP contribution in [-0.2, 0) is 18.4 Å². The van der Waals surface area contributed by atoms with Crippen molar-refractivity contribution in [2.45, 2.75) is 44.9 Å². The van der Waals surface area contributed by atoms with Crippen LogP contribution >= 0.6 is 11.6 Å². The highest BCUT2D eigenvalue weighted by Gasteiger charge is 2.25. The number of nitrogens with two attached hydrogens (primary N) is 1. The fraction of sp³-hybridized carbons (Fsp3) is 0.727. The maximum Gasteiger partial charge on any atom is 0.132 e. The van der Waals surface area contributed by atoms with Crippen LogP contribution in [-0.4, -0.2) is 21.9 Å². The summed E-state index contributed by atoms with van der Waals surface area (Å²) in [4.78, 5) is 0. The van der Waals surface area contributed by atoms with Crippen molar-refractivity contribution < 1.29 is 4.74 Å².